The fourth-order valence-corrected chi connectivity index (χ4v) is 3.92. The summed E-state index contributed by atoms with van der Waals surface area (Å²) in [5.41, 5.74) is 3.38. The van der Waals surface area contributed by atoms with Crippen LogP contribution in [0.5, 0.6) is 11.5 Å². The van der Waals surface area contributed by atoms with E-state index in [2.05, 4.69) is 29.4 Å². The number of ether oxygens (including phenoxy) is 2. The molecule has 32 heavy (non-hydrogen) atoms. The topological polar surface area (TPSA) is 85.2 Å². The first-order valence-corrected chi connectivity index (χ1v) is 10.4. The van der Waals surface area contributed by atoms with Gasteiger partial charge in [0.05, 0.1) is 0 Å². The van der Waals surface area contributed by atoms with Crippen LogP contribution in [0.25, 0.3) is 0 Å². The highest BCUT2D eigenvalue weighted by atomic mass is 16.5. The van der Waals surface area contributed by atoms with Crippen LogP contribution in [0, 0.1) is 0 Å². The molecule has 0 aromatic heterocycles. The van der Waals surface area contributed by atoms with Gasteiger partial charge in [0, 0.05) is 18.1 Å². The summed E-state index contributed by atoms with van der Waals surface area (Å²) in [7, 11) is 0. The summed E-state index contributed by atoms with van der Waals surface area (Å²) in [6, 6.07) is 22.7. The molecule has 0 bridgehead atoms. The van der Waals surface area contributed by atoms with Gasteiger partial charge in [-0.3, -0.25) is 9.59 Å². The molecule has 0 fully saturated rings. The molecule has 3 aromatic carbocycles. The highest BCUT2D eigenvalue weighted by Gasteiger charge is 2.20. The molecule has 1 atom stereocenters. The summed E-state index contributed by atoms with van der Waals surface area (Å²) in [4.78, 5) is 22.6. The van der Waals surface area contributed by atoms with Crippen LogP contribution in [0.2, 0.25) is 0 Å². The third kappa shape index (κ3) is 4.86. The molecule has 1 unspecified atom stereocenters. The summed E-state index contributed by atoms with van der Waals surface area (Å²) >= 11 is 0. The lowest BCUT2D eigenvalue weighted by atomic mass is 9.90. The van der Waals surface area contributed by atoms with Crippen LogP contribution in [0.3, 0.4) is 0 Å². The number of carbonyl (C=O) groups is 2. The molecule has 6 nitrogen and oxygen atoms in total. The smallest absolute Gasteiger partial charge is 0.247 e. The lowest BCUT2D eigenvalue weighted by Crippen LogP contribution is -2.25. The van der Waals surface area contributed by atoms with E-state index in [1.807, 2.05) is 24.3 Å². The van der Waals surface area contributed by atoms with Crippen LogP contribution in [0.15, 0.2) is 78.0 Å². The lowest BCUT2D eigenvalue weighted by Gasteiger charge is -2.25. The van der Waals surface area contributed by atoms with Crippen molar-refractivity contribution in [3.63, 3.8) is 0 Å². The minimum atomic E-state index is -0.899. The maximum Gasteiger partial charge on any atom is 0.247 e. The average molecular weight is 429 g/mol. The first-order valence-electron chi connectivity index (χ1n) is 10.4. The van der Waals surface area contributed by atoms with E-state index in [-0.39, 0.29) is 24.7 Å². The van der Waals surface area contributed by atoms with E-state index in [4.69, 9.17) is 9.47 Å². The van der Waals surface area contributed by atoms with Gasteiger partial charge in [-0.1, -0.05) is 59.8 Å². The van der Waals surface area contributed by atoms with Gasteiger partial charge < -0.3 is 14.7 Å². The summed E-state index contributed by atoms with van der Waals surface area (Å²) in [5, 5.41) is 12.2. The number of hydrogen-bond donors (Lipinski definition) is 1. The SMILES string of the molecule is O=CC(=O)/C(=N/O)c1ccccc1COc1cccc(OC2CCc3ccccc3C2)c1. The highest BCUT2D eigenvalue weighted by Crippen LogP contribution is 2.27. The number of aldehydes is 1. The van der Waals surface area contributed by atoms with Crippen LogP contribution in [-0.2, 0) is 29.0 Å². The highest BCUT2D eigenvalue weighted by molar-refractivity contribution is 6.63. The van der Waals surface area contributed by atoms with E-state index in [0.29, 0.717) is 16.9 Å². The Hall–Kier alpha value is -3.93. The van der Waals surface area contributed by atoms with Crippen molar-refractivity contribution < 1.29 is 24.3 Å². The van der Waals surface area contributed by atoms with Crippen molar-refractivity contribution in [1.29, 1.82) is 0 Å². The Labute approximate surface area is 186 Å². The molecule has 0 radical (unpaired) electrons. The number of rotatable bonds is 8. The van der Waals surface area contributed by atoms with E-state index in [0.717, 1.165) is 25.0 Å². The number of Topliss-reactive ketones (excluding diaryl/α,β-unsaturated/α-hetero) is 1. The number of hydrogen-bond acceptors (Lipinski definition) is 6. The largest absolute Gasteiger partial charge is 0.490 e. The summed E-state index contributed by atoms with van der Waals surface area (Å²) < 4.78 is 12.1. The number of carbonyl (C=O) groups excluding carboxylic acids is 2. The number of ketones is 1. The fraction of sp³-hybridized carbons (Fsp3) is 0.192. The van der Waals surface area contributed by atoms with Gasteiger partial charge in [0.2, 0.25) is 5.78 Å². The summed E-state index contributed by atoms with van der Waals surface area (Å²) in [6.07, 6.45) is 3.07. The molecule has 0 aliphatic heterocycles. The lowest BCUT2D eigenvalue weighted by molar-refractivity contribution is -0.125. The Bertz CT molecular complexity index is 1150. The minimum absolute atomic E-state index is 0.110. The van der Waals surface area contributed by atoms with Crippen molar-refractivity contribution in [3.05, 3.63) is 95.1 Å². The molecule has 4 rings (SSSR count). The molecule has 0 heterocycles. The van der Waals surface area contributed by atoms with Gasteiger partial charge in [0.15, 0.2) is 12.0 Å². The normalized spacial score (nSPS) is 15.5. The summed E-state index contributed by atoms with van der Waals surface area (Å²) in [5.74, 6) is 0.441. The Kier molecular flexibility index (Phi) is 6.60. The molecule has 3 aromatic rings. The summed E-state index contributed by atoms with van der Waals surface area (Å²) in [6.45, 7) is 0.127. The molecule has 0 saturated heterocycles. The van der Waals surface area contributed by atoms with Crippen molar-refractivity contribution in [2.24, 2.45) is 5.16 Å². The second-order valence-corrected chi connectivity index (χ2v) is 7.60. The third-order valence-electron chi connectivity index (χ3n) is 5.52. The molecular weight excluding hydrogens is 406 g/mol. The number of nitrogens with zero attached hydrogens (tertiary/aromatic N) is 1. The number of aryl methyl sites for hydroxylation is 1. The second kappa shape index (κ2) is 9.92. The Balaban J connectivity index is 1.44. The van der Waals surface area contributed by atoms with E-state index in [1.54, 1.807) is 24.3 Å². The molecule has 0 spiro atoms. The average Bonchev–Trinajstić information content (AvgIpc) is 2.84. The zero-order valence-corrected chi connectivity index (χ0v) is 17.4. The third-order valence-corrected chi connectivity index (χ3v) is 5.52. The standard InChI is InChI=1S/C26H23NO5/c28-16-25(29)26(27-30)24-11-4-3-8-20(24)17-31-21-9-5-10-22(15-21)32-23-13-12-18-6-1-2-7-19(18)14-23/h1-11,15-16,23,30H,12-14,17H2/b27-26+. The zero-order valence-electron chi connectivity index (χ0n) is 17.4. The van der Waals surface area contributed by atoms with Crippen LogP contribution in [-0.4, -0.2) is 29.1 Å². The molecule has 162 valence electrons. The van der Waals surface area contributed by atoms with Crippen LogP contribution >= 0.6 is 0 Å². The molecule has 1 aliphatic rings. The van der Waals surface area contributed by atoms with Crippen LogP contribution in [0.4, 0.5) is 0 Å². The van der Waals surface area contributed by atoms with Gasteiger partial charge in [0.25, 0.3) is 0 Å². The van der Waals surface area contributed by atoms with Gasteiger partial charge in [0.1, 0.15) is 24.2 Å². The van der Waals surface area contributed by atoms with Crippen LogP contribution < -0.4 is 9.47 Å². The van der Waals surface area contributed by atoms with E-state index < -0.39 is 5.78 Å². The molecule has 1 aliphatic carbocycles. The van der Waals surface area contributed by atoms with Crippen molar-refractivity contribution in [2.45, 2.75) is 32.0 Å². The molecule has 0 amide bonds. The molecule has 0 saturated carbocycles. The zero-order chi connectivity index (χ0) is 22.3. The Morgan fingerprint density at radius 2 is 1.75 bits per heavy atom. The quantitative estimate of drug-likeness (QED) is 0.191. The monoisotopic (exact) mass is 429 g/mol. The van der Waals surface area contributed by atoms with Gasteiger partial charge in [-0.05, 0) is 41.7 Å². The Morgan fingerprint density at radius 1 is 1.00 bits per heavy atom. The molecule has 1 N–H and O–H groups in total. The minimum Gasteiger partial charge on any atom is -0.490 e. The number of benzene rings is 3. The van der Waals surface area contributed by atoms with Gasteiger partial charge >= 0.3 is 0 Å². The van der Waals surface area contributed by atoms with Gasteiger partial charge in [-0.15, -0.1) is 0 Å². The first kappa shape index (κ1) is 21.3. The van der Waals surface area contributed by atoms with Crippen LogP contribution in [0.1, 0.15) is 28.7 Å². The predicted molar refractivity (Wildman–Crippen MR) is 119 cm³/mol. The van der Waals surface area contributed by atoms with Gasteiger partial charge in [-0.2, -0.15) is 0 Å². The maximum atomic E-state index is 11.8. The van der Waals surface area contributed by atoms with Gasteiger partial charge in [-0.25, -0.2) is 0 Å². The van der Waals surface area contributed by atoms with E-state index in [1.165, 1.54) is 11.1 Å². The fourth-order valence-electron chi connectivity index (χ4n) is 3.92. The number of fused-ring (bicyclic) bond motifs is 1. The molecule has 6 heteroatoms. The Morgan fingerprint density at radius 3 is 2.56 bits per heavy atom. The van der Waals surface area contributed by atoms with Crippen molar-refractivity contribution >= 4 is 17.8 Å². The van der Waals surface area contributed by atoms with E-state index >= 15 is 0 Å². The number of oxime groups is 1. The van der Waals surface area contributed by atoms with Crippen molar-refractivity contribution in [3.8, 4) is 11.5 Å². The van der Waals surface area contributed by atoms with Crippen molar-refractivity contribution in [1.82, 2.24) is 0 Å². The van der Waals surface area contributed by atoms with Crippen molar-refractivity contribution in [2.75, 3.05) is 0 Å². The van der Waals surface area contributed by atoms with E-state index in [9.17, 15) is 14.8 Å². The maximum absolute atomic E-state index is 11.8. The predicted octanol–water partition coefficient (Wildman–Crippen LogP) is 4.15. The second-order valence-electron chi connectivity index (χ2n) is 7.60. The first-order chi connectivity index (χ1) is 15.7. The molecular formula is C26H23NO5.